The first-order valence-electron chi connectivity index (χ1n) is 8.00. The van der Waals surface area contributed by atoms with Crippen molar-refractivity contribution in [1.82, 2.24) is 24.9 Å². The fraction of sp³-hybridized carbons (Fsp3) is 0.0556. The lowest BCUT2D eigenvalue weighted by Gasteiger charge is -2.06. The largest absolute Gasteiger partial charge is 0.373 e. The van der Waals surface area contributed by atoms with Crippen molar-refractivity contribution >= 4 is 28.5 Å². The number of nitrogens with zero attached hydrogens (tertiary/aromatic N) is 5. The van der Waals surface area contributed by atoms with Crippen molar-refractivity contribution in [3.63, 3.8) is 0 Å². The summed E-state index contributed by atoms with van der Waals surface area (Å²) in [4.78, 5) is 20.0. The van der Waals surface area contributed by atoms with Gasteiger partial charge in [-0.25, -0.2) is 24.3 Å². The minimum absolute atomic E-state index is 0.127. The number of imidazole rings is 1. The molecule has 132 valence electrons. The van der Waals surface area contributed by atoms with Crippen molar-refractivity contribution in [1.29, 1.82) is 5.26 Å². The Kier molecular flexibility index (Phi) is 4.06. The lowest BCUT2D eigenvalue weighted by molar-refractivity contribution is 0.630. The van der Waals surface area contributed by atoms with Crippen molar-refractivity contribution in [2.75, 3.05) is 17.7 Å². The molecule has 0 aliphatic rings. The minimum Gasteiger partial charge on any atom is -0.373 e. The van der Waals surface area contributed by atoms with Gasteiger partial charge < -0.3 is 15.6 Å². The zero-order chi connectivity index (χ0) is 18.8. The first-order chi connectivity index (χ1) is 13.2. The van der Waals surface area contributed by atoms with Gasteiger partial charge in [-0.2, -0.15) is 5.26 Å². The van der Waals surface area contributed by atoms with Gasteiger partial charge in [0.1, 0.15) is 35.1 Å². The molecular formula is C18H13FN8. The molecule has 0 fully saturated rings. The maximum Gasteiger partial charge on any atom is 0.157 e. The molecule has 3 heterocycles. The average molecular weight is 360 g/mol. The summed E-state index contributed by atoms with van der Waals surface area (Å²) in [5.41, 5.74) is 1.48. The van der Waals surface area contributed by atoms with Crippen LogP contribution in [0.3, 0.4) is 0 Å². The molecule has 0 aliphatic heterocycles. The van der Waals surface area contributed by atoms with Gasteiger partial charge in [0.2, 0.25) is 0 Å². The molecule has 9 heteroatoms. The molecule has 4 aromatic rings. The predicted octanol–water partition coefficient (Wildman–Crippen LogP) is 3.21. The van der Waals surface area contributed by atoms with Crippen LogP contribution >= 0.6 is 0 Å². The molecule has 0 saturated heterocycles. The number of hydrogen-bond donors (Lipinski definition) is 3. The summed E-state index contributed by atoms with van der Waals surface area (Å²) >= 11 is 0. The van der Waals surface area contributed by atoms with Gasteiger partial charge in [-0.05, 0) is 18.2 Å². The first kappa shape index (κ1) is 16.4. The molecule has 27 heavy (non-hydrogen) atoms. The number of nitriles is 1. The Morgan fingerprint density at radius 2 is 2.00 bits per heavy atom. The highest BCUT2D eigenvalue weighted by atomic mass is 19.1. The van der Waals surface area contributed by atoms with Crippen LogP contribution in [0.1, 0.15) is 5.56 Å². The molecule has 0 unspecified atom stereocenters. The normalized spacial score (nSPS) is 10.6. The monoisotopic (exact) mass is 360 g/mol. The van der Waals surface area contributed by atoms with Gasteiger partial charge in [-0.1, -0.05) is 6.07 Å². The van der Waals surface area contributed by atoms with Gasteiger partial charge in [-0.15, -0.1) is 0 Å². The molecule has 1 aromatic carbocycles. The Bertz CT molecular complexity index is 1180. The predicted molar refractivity (Wildman–Crippen MR) is 98.9 cm³/mol. The van der Waals surface area contributed by atoms with Crippen LogP contribution in [0.4, 0.5) is 21.8 Å². The van der Waals surface area contributed by atoms with Crippen LogP contribution in [-0.4, -0.2) is 32.0 Å². The SMILES string of the molecule is CNc1cc(Nc2nccc3nc(-c4c(F)cccc4C#N)[nH]c23)ncn1. The summed E-state index contributed by atoms with van der Waals surface area (Å²) in [5.74, 6) is 1.39. The van der Waals surface area contributed by atoms with Crippen LogP contribution in [0.25, 0.3) is 22.4 Å². The zero-order valence-electron chi connectivity index (χ0n) is 14.2. The van der Waals surface area contributed by atoms with Crippen LogP contribution in [0, 0.1) is 17.1 Å². The molecule has 0 radical (unpaired) electrons. The van der Waals surface area contributed by atoms with Gasteiger partial charge in [0, 0.05) is 19.3 Å². The molecular weight excluding hydrogens is 347 g/mol. The second-order valence-corrected chi connectivity index (χ2v) is 5.58. The lowest BCUT2D eigenvalue weighted by Crippen LogP contribution is -1.99. The van der Waals surface area contributed by atoms with E-state index in [2.05, 4.69) is 35.6 Å². The quantitative estimate of drug-likeness (QED) is 0.512. The average Bonchev–Trinajstić information content (AvgIpc) is 3.12. The molecule has 0 atom stereocenters. The van der Waals surface area contributed by atoms with Crippen LogP contribution in [0.15, 0.2) is 42.9 Å². The molecule has 3 N–H and O–H groups in total. The number of aromatic amines is 1. The van der Waals surface area contributed by atoms with Crippen LogP contribution in [0.5, 0.6) is 0 Å². The van der Waals surface area contributed by atoms with E-state index in [1.54, 1.807) is 31.4 Å². The van der Waals surface area contributed by atoms with Crippen molar-refractivity contribution in [2.45, 2.75) is 0 Å². The van der Waals surface area contributed by atoms with E-state index < -0.39 is 5.82 Å². The molecule has 3 aromatic heterocycles. The summed E-state index contributed by atoms with van der Waals surface area (Å²) in [6.45, 7) is 0. The first-order valence-corrected chi connectivity index (χ1v) is 8.00. The highest BCUT2D eigenvalue weighted by Crippen LogP contribution is 2.29. The molecule has 8 nitrogen and oxygen atoms in total. The Balaban J connectivity index is 1.81. The molecule has 0 saturated carbocycles. The standard InChI is InChI=1S/C18H13FN8/c1-21-13-7-14(24-9-23-13)26-18-16-12(5-6-22-18)25-17(27-16)15-10(8-20)3-2-4-11(15)19/h2-7,9H,1H3,(H,25,27)(H2,21,22,23,24,26). The van der Waals surface area contributed by atoms with Crippen LogP contribution in [0.2, 0.25) is 0 Å². The Hall–Kier alpha value is -4.06. The van der Waals surface area contributed by atoms with Gasteiger partial charge >= 0.3 is 0 Å². The van der Waals surface area contributed by atoms with E-state index >= 15 is 0 Å². The third-order valence-corrected chi connectivity index (χ3v) is 3.95. The number of nitrogens with one attached hydrogen (secondary N) is 3. The van der Waals surface area contributed by atoms with E-state index in [9.17, 15) is 9.65 Å². The highest BCUT2D eigenvalue weighted by Gasteiger charge is 2.16. The summed E-state index contributed by atoms with van der Waals surface area (Å²) in [7, 11) is 1.76. The fourth-order valence-electron chi connectivity index (χ4n) is 2.69. The van der Waals surface area contributed by atoms with Gasteiger partial charge in [-0.3, -0.25) is 0 Å². The Labute approximate surface area is 153 Å². The van der Waals surface area contributed by atoms with E-state index in [0.717, 1.165) is 0 Å². The number of halogens is 1. The van der Waals surface area contributed by atoms with Crippen molar-refractivity contribution in [3.05, 3.63) is 54.2 Å². The zero-order valence-corrected chi connectivity index (χ0v) is 14.2. The molecule has 0 bridgehead atoms. The Morgan fingerprint density at radius 3 is 2.81 bits per heavy atom. The van der Waals surface area contributed by atoms with Crippen molar-refractivity contribution < 1.29 is 4.39 Å². The van der Waals surface area contributed by atoms with E-state index in [4.69, 9.17) is 0 Å². The summed E-state index contributed by atoms with van der Waals surface area (Å²) < 4.78 is 14.3. The smallest absolute Gasteiger partial charge is 0.157 e. The van der Waals surface area contributed by atoms with Crippen LogP contribution in [-0.2, 0) is 0 Å². The van der Waals surface area contributed by atoms with Gasteiger partial charge in [0.25, 0.3) is 0 Å². The molecule has 0 spiro atoms. The summed E-state index contributed by atoms with van der Waals surface area (Å²) in [6.07, 6.45) is 3.01. The topological polar surface area (TPSA) is 115 Å². The number of pyridine rings is 1. The number of H-pyrrole nitrogens is 1. The summed E-state index contributed by atoms with van der Waals surface area (Å²) in [6, 6.07) is 9.74. The number of fused-ring (bicyclic) bond motifs is 1. The fourth-order valence-corrected chi connectivity index (χ4v) is 2.69. The Morgan fingerprint density at radius 1 is 1.15 bits per heavy atom. The third kappa shape index (κ3) is 3.00. The van der Waals surface area contributed by atoms with Crippen molar-refractivity contribution in [3.8, 4) is 17.5 Å². The molecule has 4 rings (SSSR count). The second kappa shape index (κ2) is 6.68. The molecule has 0 amide bonds. The third-order valence-electron chi connectivity index (χ3n) is 3.95. The van der Waals surface area contributed by atoms with Crippen molar-refractivity contribution in [2.24, 2.45) is 0 Å². The van der Waals surface area contributed by atoms with Gasteiger partial charge in [0.05, 0.1) is 22.7 Å². The number of benzene rings is 1. The lowest BCUT2D eigenvalue weighted by atomic mass is 10.1. The minimum atomic E-state index is -0.523. The van der Waals surface area contributed by atoms with E-state index in [-0.39, 0.29) is 17.0 Å². The summed E-state index contributed by atoms with van der Waals surface area (Å²) in [5, 5.41) is 15.3. The van der Waals surface area contributed by atoms with E-state index in [1.807, 2.05) is 6.07 Å². The number of aromatic nitrogens is 5. The number of anilines is 3. The van der Waals surface area contributed by atoms with E-state index in [1.165, 1.54) is 18.5 Å². The maximum absolute atomic E-state index is 14.3. The molecule has 0 aliphatic carbocycles. The number of hydrogen-bond acceptors (Lipinski definition) is 7. The van der Waals surface area contributed by atoms with E-state index in [0.29, 0.717) is 28.5 Å². The van der Waals surface area contributed by atoms with Gasteiger partial charge in [0.15, 0.2) is 5.82 Å². The second-order valence-electron chi connectivity index (χ2n) is 5.58. The maximum atomic E-state index is 14.3. The highest BCUT2D eigenvalue weighted by molar-refractivity contribution is 5.90. The van der Waals surface area contributed by atoms with Crippen LogP contribution < -0.4 is 10.6 Å². The number of rotatable bonds is 4.